The summed E-state index contributed by atoms with van der Waals surface area (Å²) in [5.74, 6) is 0.952. The smallest absolute Gasteiger partial charge is 0.245 e. The molecule has 3 rings (SSSR count). The number of ether oxygens (including phenoxy) is 1. The van der Waals surface area contributed by atoms with Crippen LogP contribution < -0.4 is 10.5 Å². The van der Waals surface area contributed by atoms with Gasteiger partial charge >= 0.3 is 0 Å². The van der Waals surface area contributed by atoms with E-state index in [2.05, 4.69) is 21.9 Å². The second-order valence-electron chi connectivity index (χ2n) is 4.92. The lowest BCUT2D eigenvalue weighted by Gasteiger charge is -2.10. The Morgan fingerprint density at radius 1 is 1.47 bits per heavy atom. The van der Waals surface area contributed by atoms with Gasteiger partial charge in [0.1, 0.15) is 6.33 Å². The molecule has 0 unspecified atom stereocenters. The number of rotatable bonds is 3. The quantitative estimate of drug-likeness (QED) is 0.862. The van der Waals surface area contributed by atoms with Crippen molar-refractivity contribution < 1.29 is 4.74 Å². The van der Waals surface area contributed by atoms with E-state index in [1.54, 1.807) is 7.11 Å². The number of aromatic nitrogens is 4. The second-order valence-corrected chi connectivity index (χ2v) is 4.92. The molecule has 0 bridgehead atoms. The van der Waals surface area contributed by atoms with Gasteiger partial charge in [0.2, 0.25) is 11.8 Å². The van der Waals surface area contributed by atoms with Crippen molar-refractivity contribution >= 4 is 17.1 Å². The SMILES string of the molecule is COc1ncnc2c1nc(N)n2CC1(C)CC1. The van der Waals surface area contributed by atoms with Crippen LogP contribution in [0.5, 0.6) is 5.88 Å². The van der Waals surface area contributed by atoms with E-state index in [0.29, 0.717) is 22.8 Å². The number of imidazole rings is 1. The number of methoxy groups -OCH3 is 1. The highest BCUT2D eigenvalue weighted by atomic mass is 16.5. The summed E-state index contributed by atoms with van der Waals surface area (Å²) in [5, 5.41) is 0. The molecule has 1 saturated carbocycles. The molecular formula is C11H15N5O. The predicted molar refractivity (Wildman–Crippen MR) is 63.6 cm³/mol. The molecule has 17 heavy (non-hydrogen) atoms. The van der Waals surface area contributed by atoms with E-state index in [9.17, 15) is 0 Å². The Balaban J connectivity index is 2.14. The summed E-state index contributed by atoms with van der Waals surface area (Å²) in [6, 6.07) is 0. The molecule has 1 aliphatic carbocycles. The van der Waals surface area contributed by atoms with Crippen molar-refractivity contribution in [3.8, 4) is 5.88 Å². The summed E-state index contributed by atoms with van der Waals surface area (Å²) in [4.78, 5) is 12.6. The lowest BCUT2D eigenvalue weighted by molar-refractivity contribution is 0.401. The fourth-order valence-electron chi connectivity index (χ4n) is 1.99. The first kappa shape index (κ1) is 10.3. The molecule has 2 aromatic heterocycles. The van der Waals surface area contributed by atoms with Crippen LogP contribution in [-0.4, -0.2) is 26.6 Å². The van der Waals surface area contributed by atoms with Gasteiger partial charge in [0, 0.05) is 6.54 Å². The maximum Gasteiger partial charge on any atom is 0.245 e. The Morgan fingerprint density at radius 2 is 2.24 bits per heavy atom. The third kappa shape index (κ3) is 1.60. The van der Waals surface area contributed by atoms with Crippen molar-refractivity contribution in [1.82, 2.24) is 19.5 Å². The third-order valence-electron chi connectivity index (χ3n) is 3.36. The van der Waals surface area contributed by atoms with Gasteiger partial charge in [0.15, 0.2) is 11.2 Å². The van der Waals surface area contributed by atoms with Gasteiger partial charge < -0.3 is 10.5 Å². The molecule has 6 nitrogen and oxygen atoms in total. The molecule has 0 amide bonds. The fourth-order valence-corrected chi connectivity index (χ4v) is 1.99. The van der Waals surface area contributed by atoms with Crippen LogP contribution in [0.2, 0.25) is 0 Å². The van der Waals surface area contributed by atoms with E-state index in [-0.39, 0.29) is 0 Å². The Labute approximate surface area is 98.8 Å². The maximum atomic E-state index is 5.94. The Hall–Kier alpha value is -1.85. The molecule has 2 N–H and O–H groups in total. The number of nitrogens with two attached hydrogens (primary N) is 1. The molecule has 90 valence electrons. The number of anilines is 1. The minimum absolute atomic E-state index is 0.347. The van der Waals surface area contributed by atoms with E-state index in [4.69, 9.17) is 10.5 Å². The van der Waals surface area contributed by atoms with Gasteiger partial charge in [0.05, 0.1) is 7.11 Å². The summed E-state index contributed by atoms with van der Waals surface area (Å²) in [5.41, 5.74) is 7.68. The van der Waals surface area contributed by atoms with Crippen LogP contribution in [0.3, 0.4) is 0 Å². The van der Waals surface area contributed by atoms with Gasteiger partial charge in [0.25, 0.3) is 0 Å². The Morgan fingerprint density at radius 3 is 2.88 bits per heavy atom. The Kier molecular flexibility index (Phi) is 2.01. The molecule has 6 heteroatoms. The van der Waals surface area contributed by atoms with E-state index in [1.807, 2.05) is 4.57 Å². The standard InChI is InChI=1S/C11H15N5O/c1-11(3-4-11)5-16-8-7(15-10(16)12)9(17-2)14-6-13-8/h6H,3-5H2,1-2H3,(H2,12,15). The van der Waals surface area contributed by atoms with E-state index >= 15 is 0 Å². The van der Waals surface area contributed by atoms with Crippen LogP contribution >= 0.6 is 0 Å². The number of hydrogen-bond acceptors (Lipinski definition) is 5. The molecule has 0 aromatic carbocycles. The van der Waals surface area contributed by atoms with Crippen LogP contribution in [0.1, 0.15) is 19.8 Å². The lowest BCUT2D eigenvalue weighted by atomic mass is 10.1. The average molecular weight is 233 g/mol. The minimum atomic E-state index is 0.347. The topological polar surface area (TPSA) is 78.8 Å². The monoisotopic (exact) mass is 233 g/mol. The molecule has 1 aliphatic rings. The molecule has 0 spiro atoms. The molecule has 2 heterocycles. The molecule has 2 aromatic rings. The normalized spacial score (nSPS) is 17.3. The number of nitrogen functional groups attached to an aromatic ring is 1. The highest BCUT2D eigenvalue weighted by Crippen LogP contribution is 2.47. The van der Waals surface area contributed by atoms with Crippen LogP contribution in [0, 0.1) is 5.41 Å². The van der Waals surface area contributed by atoms with Gasteiger partial charge in [-0.05, 0) is 18.3 Å². The number of hydrogen-bond donors (Lipinski definition) is 1. The summed E-state index contributed by atoms with van der Waals surface area (Å²) in [6.45, 7) is 3.10. The first-order valence-electron chi connectivity index (χ1n) is 5.64. The van der Waals surface area contributed by atoms with Crippen molar-refractivity contribution in [3.05, 3.63) is 6.33 Å². The fraction of sp³-hybridized carbons (Fsp3) is 0.545. The van der Waals surface area contributed by atoms with E-state index in [1.165, 1.54) is 19.2 Å². The van der Waals surface area contributed by atoms with Gasteiger partial charge in [-0.2, -0.15) is 4.98 Å². The molecule has 0 atom stereocenters. The zero-order chi connectivity index (χ0) is 12.0. The van der Waals surface area contributed by atoms with Gasteiger partial charge in [-0.25, -0.2) is 9.97 Å². The second kappa shape index (κ2) is 3.32. The maximum absolute atomic E-state index is 5.94. The largest absolute Gasteiger partial charge is 0.479 e. The average Bonchev–Trinajstić information content (AvgIpc) is 2.96. The zero-order valence-corrected chi connectivity index (χ0v) is 9.97. The third-order valence-corrected chi connectivity index (χ3v) is 3.36. The Bertz CT molecular complexity index is 572. The van der Waals surface area contributed by atoms with Crippen molar-refractivity contribution in [1.29, 1.82) is 0 Å². The van der Waals surface area contributed by atoms with Gasteiger partial charge in [-0.3, -0.25) is 4.57 Å². The molecule has 0 radical (unpaired) electrons. The first-order valence-corrected chi connectivity index (χ1v) is 5.64. The van der Waals surface area contributed by atoms with Crippen molar-refractivity contribution in [2.24, 2.45) is 5.41 Å². The number of fused-ring (bicyclic) bond motifs is 1. The van der Waals surface area contributed by atoms with Gasteiger partial charge in [-0.15, -0.1) is 0 Å². The van der Waals surface area contributed by atoms with Crippen LogP contribution in [0.25, 0.3) is 11.2 Å². The lowest BCUT2D eigenvalue weighted by Crippen LogP contribution is -2.11. The number of nitrogens with zero attached hydrogens (tertiary/aromatic N) is 4. The predicted octanol–water partition coefficient (Wildman–Crippen LogP) is 1.22. The molecule has 0 saturated heterocycles. The highest BCUT2D eigenvalue weighted by molar-refractivity contribution is 5.78. The molecule has 0 aliphatic heterocycles. The van der Waals surface area contributed by atoms with E-state index < -0.39 is 0 Å². The summed E-state index contributed by atoms with van der Waals surface area (Å²) in [7, 11) is 1.57. The summed E-state index contributed by atoms with van der Waals surface area (Å²) < 4.78 is 7.11. The van der Waals surface area contributed by atoms with Crippen LogP contribution in [-0.2, 0) is 6.54 Å². The summed E-state index contributed by atoms with van der Waals surface area (Å²) >= 11 is 0. The van der Waals surface area contributed by atoms with Crippen molar-refractivity contribution in [3.63, 3.8) is 0 Å². The van der Waals surface area contributed by atoms with Crippen molar-refractivity contribution in [2.45, 2.75) is 26.3 Å². The van der Waals surface area contributed by atoms with Crippen LogP contribution in [0.15, 0.2) is 6.33 Å². The van der Waals surface area contributed by atoms with Gasteiger partial charge in [-0.1, -0.05) is 6.92 Å². The summed E-state index contributed by atoms with van der Waals surface area (Å²) in [6.07, 6.45) is 3.94. The first-order chi connectivity index (χ1) is 8.13. The van der Waals surface area contributed by atoms with E-state index in [0.717, 1.165) is 12.2 Å². The van der Waals surface area contributed by atoms with Crippen molar-refractivity contribution in [2.75, 3.05) is 12.8 Å². The van der Waals surface area contributed by atoms with Crippen LogP contribution in [0.4, 0.5) is 5.95 Å². The minimum Gasteiger partial charge on any atom is -0.479 e. The molecular weight excluding hydrogens is 218 g/mol. The zero-order valence-electron chi connectivity index (χ0n) is 9.97. The highest BCUT2D eigenvalue weighted by Gasteiger charge is 2.38. The molecule has 1 fully saturated rings.